The number of likely N-dealkylation sites (N-methyl/N-ethyl adjacent to an activating group) is 1. The Kier molecular flexibility index (Phi) is 4.11. The Bertz CT molecular complexity index is 218. The van der Waals surface area contributed by atoms with Crippen LogP contribution >= 0.6 is 0 Å². The number of hydrogen-bond donors (Lipinski definition) is 1. The smallest absolute Gasteiger partial charge is 0.251 e. The van der Waals surface area contributed by atoms with Crippen LogP contribution < -0.4 is 5.73 Å². The summed E-state index contributed by atoms with van der Waals surface area (Å²) in [6.07, 6.45) is 2.22. The zero-order valence-corrected chi connectivity index (χ0v) is 9.95. The molecule has 0 saturated carbocycles. The second kappa shape index (κ2) is 4.94. The van der Waals surface area contributed by atoms with Crippen molar-refractivity contribution in [2.45, 2.75) is 44.8 Å². The molecule has 0 aromatic carbocycles. The van der Waals surface area contributed by atoms with Crippen LogP contribution in [0.1, 0.15) is 33.1 Å². The van der Waals surface area contributed by atoms with Crippen LogP contribution in [-0.2, 0) is 9.53 Å². The van der Waals surface area contributed by atoms with E-state index in [9.17, 15) is 4.79 Å². The lowest BCUT2D eigenvalue weighted by Gasteiger charge is -2.32. The van der Waals surface area contributed by atoms with Gasteiger partial charge in [0.1, 0.15) is 6.10 Å². The quantitative estimate of drug-likeness (QED) is 0.735. The number of nitrogens with two attached hydrogens (primary N) is 1. The molecule has 0 aromatic rings. The lowest BCUT2D eigenvalue weighted by Crippen LogP contribution is -2.44. The van der Waals surface area contributed by atoms with Crippen molar-refractivity contribution in [2.75, 3.05) is 20.1 Å². The standard InChI is InChI=1S/C11H22N2O2/c1-4-11(5-2,8-12)15-9-6-7-13(3)10(9)14/h9H,4-8,12H2,1-3H3. The number of hydrogen-bond acceptors (Lipinski definition) is 3. The molecule has 0 spiro atoms. The maximum atomic E-state index is 11.7. The van der Waals surface area contributed by atoms with Gasteiger partial charge in [-0.2, -0.15) is 0 Å². The molecule has 0 radical (unpaired) electrons. The summed E-state index contributed by atoms with van der Waals surface area (Å²) < 4.78 is 5.91. The molecule has 0 aliphatic carbocycles. The highest BCUT2D eigenvalue weighted by atomic mass is 16.5. The summed E-state index contributed by atoms with van der Waals surface area (Å²) in [6, 6.07) is 0. The molecule has 4 nitrogen and oxygen atoms in total. The maximum absolute atomic E-state index is 11.7. The van der Waals surface area contributed by atoms with Crippen molar-refractivity contribution in [3.05, 3.63) is 0 Å². The molecule has 1 aliphatic rings. The first kappa shape index (κ1) is 12.5. The minimum absolute atomic E-state index is 0.0923. The van der Waals surface area contributed by atoms with E-state index in [0.717, 1.165) is 25.8 Å². The normalized spacial score (nSPS) is 22.5. The Morgan fingerprint density at radius 1 is 1.53 bits per heavy atom. The van der Waals surface area contributed by atoms with E-state index in [1.807, 2.05) is 7.05 Å². The molecule has 1 fully saturated rings. The van der Waals surface area contributed by atoms with Gasteiger partial charge in [0.05, 0.1) is 5.60 Å². The van der Waals surface area contributed by atoms with Crippen molar-refractivity contribution in [3.63, 3.8) is 0 Å². The maximum Gasteiger partial charge on any atom is 0.251 e. The first-order chi connectivity index (χ1) is 7.08. The van der Waals surface area contributed by atoms with Crippen LogP contribution in [0.4, 0.5) is 0 Å². The van der Waals surface area contributed by atoms with Crippen molar-refractivity contribution >= 4 is 5.91 Å². The van der Waals surface area contributed by atoms with Gasteiger partial charge in [0, 0.05) is 26.6 Å². The molecule has 2 N–H and O–H groups in total. The van der Waals surface area contributed by atoms with Crippen LogP contribution in [0.2, 0.25) is 0 Å². The number of ether oxygens (including phenoxy) is 1. The Hall–Kier alpha value is -0.610. The third-order valence-electron chi connectivity index (χ3n) is 3.43. The molecular weight excluding hydrogens is 192 g/mol. The largest absolute Gasteiger partial charge is 0.361 e. The highest BCUT2D eigenvalue weighted by Gasteiger charge is 2.36. The van der Waals surface area contributed by atoms with Crippen LogP contribution in [0, 0.1) is 0 Å². The van der Waals surface area contributed by atoms with E-state index >= 15 is 0 Å². The SMILES string of the molecule is CCC(CC)(CN)OC1CCN(C)C1=O. The van der Waals surface area contributed by atoms with Crippen molar-refractivity contribution < 1.29 is 9.53 Å². The van der Waals surface area contributed by atoms with E-state index < -0.39 is 0 Å². The Morgan fingerprint density at radius 3 is 2.47 bits per heavy atom. The van der Waals surface area contributed by atoms with Gasteiger partial charge in [-0.25, -0.2) is 0 Å². The van der Waals surface area contributed by atoms with Crippen LogP contribution in [0.25, 0.3) is 0 Å². The van der Waals surface area contributed by atoms with Gasteiger partial charge in [0.25, 0.3) is 5.91 Å². The Balaban J connectivity index is 2.63. The van der Waals surface area contributed by atoms with Gasteiger partial charge in [-0.3, -0.25) is 4.79 Å². The molecule has 1 saturated heterocycles. The Morgan fingerprint density at radius 2 is 2.13 bits per heavy atom. The number of likely N-dealkylation sites (tertiary alicyclic amines) is 1. The monoisotopic (exact) mass is 214 g/mol. The third kappa shape index (κ3) is 2.49. The van der Waals surface area contributed by atoms with Gasteiger partial charge in [0.15, 0.2) is 0 Å². The number of carbonyl (C=O) groups is 1. The summed E-state index contributed by atoms with van der Waals surface area (Å²) in [6.45, 7) is 5.38. The molecule has 1 unspecified atom stereocenters. The summed E-state index contributed by atoms with van der Waals surface area (Å²) in [4.78, 5) is 13.4. The fourth-order valence-electron chi connectivity index (χ4n) is 1.95. The fourth-order valence-corrected chi connectivity index (χ4v) is 1.95. The van der Waals surface area contributed by atoms with Crippen molar-refractivity contribution in [2.24, 2.45) is 5.73 Å². The molecule has 88 valence electrons. The van der Waals surface area contributed by atoms with Gasteiger partial charge in [-0.15, -0.1) is 0 Å². The molecule has 15 heavy (non-hydrogen) atoms. The van der Waals surface area contributed by atoms with Gasteiger partial charge < -0.3 is 15.4 Å². The van der Waals surface area contributed by atoms with Crippen LogP contribution in [0.15, 0.2) is 0 Å². The molecule has 0 bridgehead atoms. The average molecular weight is 214 g/mol. The Labute approximate surface area is 91.8 Å². The van der Waals surface area contributed by atoms with Gasteiger partial charge >= 0.3 is 0 Å². The first-order valence-electron chi connectivity index (χ1n) is 5.71. The summed E-state index contributed by atoms with van der Waals surface area (Å²) in [5, 5.41) is 0. The molecule has 1 rings (SSSR count). The van der Waals surface area contributed by atoms with Gasteiger partial charge in [0.2, 0.25) is 0 Å². The average Bonchev–Trinajstić information content (AvgIpc) is 2.57. The van der Waals surface area contributed by atoms with Crippen LogP contribution in [0.3, 0.4) is 0 Å². The summed E-state index contributed by atoms with van der Waals surface area (Å²) >= 11 is 0. The second-order valence-corrected chi connectivity index (χ2v) is 4.25. The lowest BCUT2D eigenvalue weighted by atomic mass is 9.97. The number of rotatable bonds is 5. The summed E-state index contributed by atoms with van der Waals surface area (Å²) in [5.41, 5.74) is 5.42. The molecule has 1 heterocycles. The highest BCUT2D eigenvalue weighted by Crippen LogP contribution is 2.25. The predicted molar refractivity (Wildman–Crippen MR) is 59.5 cm³/mol. The van der Waals surface area contributed by atoms with Crippen LogP contribution in [-0.4, -0.2) is 42.6 Å². The minimum Gasteiger partial charge on any atom is -0.361 e. The van der Waals surface area contributed by atoms with Crippen LogP contribution in [0.5, 0.6) is 0 Å². The van der Waals surface area contributed by atoms with Crippen molar-refractivity contribution in [1.29, 1.82) is 0 Å². The summed E-state index contributed by atoms with van der Waals surface area (Å²) in [7, 11) is 1.81. The first-order valence-corrected chi connectivity index (χ1v) is 5.71. The van der Waals surface area contributed by atoms with Gasteiger partial charge in [-0.1, -0.05) is 13.8 Å². The van der Waals surface area contributed by atoms with Crippen molar-refractivity contribution in [1.82, 2.24) is 4.90 Å². The second-order valence-electron chi connectivity index (χ2n) is 4.25. The van der Waals surface area contributed by atoms with E-state index in [1.54, 1.807) is 4.90 Å². The minimum atomic E-state index is -0.314. The molecule has 4 heteroatoms. The molecular formula is C11H22N2O2. The highest BCUT2D eigenvalue weighted by molar-refractivity contribution is 5.82. The molecule has 1 amide bonds. The topological polar surface area (TPSA) is 55.6 Å². The number of amides is 1. The van der Waals surface area contributed by atoms with E-state index in [4.69, 9.17) is 10.5 Å². The van der Waals surface area contributed by atoms with E-state index in [0.29, 0.717) is 6.54 Å². The van der Waals surface area contributed by atoms with E-state index in [-0.39, 0.29) is 17.6 Å². The van der Waals surface area contributed by atoms with E-state index in [2.05, 4.69) is 13.8 Å². The molecule has 1 aliphatic heterocycles. The zero-order valence-electron chi connectivity index (χ0n) is 9.95. The summed E-state index contributed by atoms with van der Waals surface area (Å²) in [5.74, 6) is 0.0923. The van der Waals surface area contributed by atoms with E-state index in [1.165, 1.54) is 0 Å². The number of carbonyl (C=O) groups excluding carboxylic acids is 1. The fraction of sp³-hybridized carbons (Fsp3) is 0.909. The lowest BCUT2D eigenvalue weighted by molar-refractivity contribution is -0.148. The molecule has 1 atom stereocenters. The van der Waals surface area contributed by atoms with Gasteiger partial charge in [-0.05, 0) is 12.8 Å². The third-order valence-corrected chi connectivity index (χ3v) is 3.43. The number of nitrogens with zero attached hydrogens (tertiary/aromatic N) is 1. The molecule has 0 aromatic heterocycles. The zero-order chi connectivity index (χ0) is 11.5. The predicted octanol–water partition coefficient (Wildman–Crippen LogP) is 0.751. The van der Waals surface area contributed by atoms with Crippen molar-refractivity contribution in [3.8, 4) is 0 Å².